The van der Waals surface area contributed by atoms with Crippen LogP contribution in [0.3, 0.4) is 0 Å². The Labute approximate surface area is 153 Å². The number of amides is 2. The molecule has 144 valence electrons. The molecule has 2 rings (SSSR count). The summed E-state index contributed by atoms with van der Waals surface area (Å²) >= 11 is 0. The van der Waals surface area contributed by atoms with E-state index in [1.54, 1.807) is 0 Å². The lowest BCUT2D eigenvalue weighted by Crippen LogP contribution is -2.44. The number of nitrogens with one attached hydrogen (secondary N) is 3. The number of alkyl halides is 3. The van der Waals surface area contributed by atoms with Gasteiger partial charge in [0, 0.05) is 11.3 Å². The van der Waals surface area contributed by atoms with Crippen molar-refractivity contribution in [3.8, 4) is 5.75 Å². The molecule has 0 fully saturated rings. The first-order valence-electron chi connectivity index (χ1n) is 7.90. The zero-order chi connectivity index (χ0) is 20.0. The molecular weight excluding hydrogens is 363 g/mol. The summed E-state index contributed by atoms with van der Waals surface area (Å²) < 4.78 is 40.0. The van der Waals surface area contributed by atoms with Crippen molar-refractivity contribution in [1.82, 2.24) is 10.9 Å². The molecule has 0 bridgehead atoms. The fraction of sp³-hybridized carbons (Fsp3) is 0.222. The van der Waals surface area contributed by atoms with Crippen LogP contribution in [0.1, 0.15) is 21.5 Å². The van der Waals surface area contributed by atoms with E-state index < -0.39 is 23.9 Å². The molecule has 0 saturated heterocycles. The Morgan fingerprint density at radius 1 is 1.00 bits per heavy atom. The van der Waals surface area contributed by atoms with Crippen LogP contribution in [0.2, 0.25) is 0 Å². The molecule has 0 spiro atoms. The summed E-state index contributed by atoms with van der Waals surface area (Å²) in [5.41, 5.74) is 7.34. The maximum absolute atomic E-state index is 12.1. The maximum Gasteiger partial charge on any atom is 0.573 e. The number of aryl methyl sites for hydroxylation is 2. The highest BCUT2D eigenvalue weighted by atomic mass is 19.4. The number of ether oxygens (including phenoxy) is 1. The van der Waals surface area contributed by atoms with Gasteiger partial charge in [0.05, 0.1) is 6.54 Å². The molecule has 0 aliphatic rings. The van der Waals surface area contributed by atoms with Crippen LogP contribution in [0, 0.1) is 13.8 Å². The summed E-state index contributed by atoms with van der Waals surface area (Å²) in [6.45, 7) is 3.80. The Bertz CT molecular complexity index is 821. The van der Waals surface area contributed by atoms with Crippen LogP contribution in [0.5, 0.6) is 5.75 Å². The van der Waals surface area contributed by atoms with Gasteiger partial charge in [0.15, 0.2) is 0 Å². The number of carbonyl (C=O) groups is 2. The molecule has 27 heavy (non-hydrogen) atoms. The van der Waals surface area contributed by atoms with E-state index in [1.807, 2.05) is 32.0 Å². The third-order valence-corrected chi connectivity index (χ3v) is 3.49. The fourth-order valence-corrected chi connectivity index (χ4v) is 2.24. The first kappa shape index (κ1) is 20.1. The van der Waals surface area contributed by atoms with Crippen LogP contribution in [-0.2, 0) is 4.79 Å². The van der Waals surface area contributed by atoms with E-state index in [0.717, 1.165) is 41.1 Å². The van der Waals surface area contributed by atoms with Crippen molar-refractivity contribution in [2.45, 2.75) is 20.2 Å². The van der Waals surface area contributed by atoms with Gasteiger partial charge in [-0.1, -0.05) is 17.7 Å². The second-order valence-electron chi connectivity index (χ2n) is 5.75. The summed E-state index contributed by atoms with van der Waals surface area (Å²) in [5.74, 6) is -1.60. The predicted octanol–water partition coefficient (Wildman–Crippen LogP) is 3.08. The van der Waals surface area contributed by atoms with E-state index in [4.69, 9.17) is 0 Å². The van der Waals surface area contributed by atoms with Crippen molar-refractivity contribution in [2.24, 2.45) is 0 Å². The minimum absolute atomic E-state index is 0.0622. The Hall–Kier alpha value is -3.23. The first-order valence-corrected chi connectivity index (χ1v) is 7.90. The SMILES string of the molecule is Cc1ccc(NCC(=O)NNC(=O)c2ccc(OC(F)(F)F)cc2)c(C)c1. The molecule has 0 atom stereocenters. The van der Waals surface area contributed by atoms with E-state index in [2.05, 4.69) is 20.9 Å². The molecule has 0 unspecified atom stereocenters. The molecule has 9 heteroatoms. The van der Waals surface area contributed by atoms with E-state index in [0.29, 0.717) is 0 Å². The topological polar surface area (TPSA) is 79.5 Å². The molecule has 0 aliphatic carbocycles. The number of rotatable bonds is 5. The second-order valence-corrected chi connectivity index (χ2v) is 5.75. The van der Waals surface area contributed by atoms with Gasteiger partial charge in [-0.2, -0.15) is 0 Å². The van der Waals surface area contributed by atoms with Crippen LogP contribution in [0.25, 0.3) is 0 Å². The standard InChI is InChI=1S/C18H18F3N3O3/c1-11-3-8-15(12(2)9-11)22-10-16(25)23-24-17(26)13-4-6-14(7-5-13)27-18(19,20)21/h3-9,22H,10H2,1-2H3,(H,23,25)(H,24,26). The van der Waals surface area contributed by atoms with Gasteiger partial charge in [0.2, 0.25) is 0 Å². The Balaban J connectivity index is 1.81. The molecular formula is C18H18F3N3O3. The average Bonchev–Trinajstić information content (AvgIpc) is 2.58. The Morgan fingerprint density at radius 2 is 1.67 bits per heavy atom. The third-order valence-electron chi connectivity index (χ3n) is 3.49. The largest absolute Gasteiger partial charge is 0.573 e. The number of anilines is 1. The molecule has 2 aromatic rings. The predicted molar refractivity (Wildman–Crippen MR) is 93.1 cm³/mol. The minimum Gasteiger partial charge on any atom is -0.406 e. The van der Waals surface area contributed by atoms with Crippen molar-refractivity contribution >= 4 is 17.5 Å². The molecule has 2 aromatic carbocycles. The summed E-state index contributed by atoms with van der Waals surface area (Å²) in [6.07, 6.45) is -4.81. The van der Waals surface area contributed by atoms with E-state index >= 15 is 0 Å². The van der Waals surface area contributed by atoms with Gasteiger partial charge in [-0.15, -0.1) is 13.2 Å². The summed E-state index contributed by atoms with van der Waals surface area (Å²) in [5, 5.41) is 2.95. The van der Waals surface area contributed by atoms with Crippen molar-refractivity contribution in [3.05, 3.63) is 59.2 Å². The fourth-order valence-electron chi connectivity index (χ4n) is 2.24. The summed E-state index contributed by atoms with van der Waals surface area (Å²) in [7, 11) is 0. The van der Waals surface area contributed by atoms with Crippen LogP contribution < -0.4 is 20.9 Å². The molecule has 0 radical (unpaired) electrons. The number of hydrazine groups is 1. The molecule has 0 saturated carbocycles. The second kappa shape index (κ2) is 8.43. The van der Waals surface area contributed by atoms with Gasteiger partial charge in [0.25, 0.3) is 11.8 Å². The molecule has 3 N–H and O–H groups in total. The normalized spacial score (nSPS) is 10.9. The van der Waals surface area contributed by atoms with Crippen molar-refractivity contribution in [1.29, 1.82) is 0 Å². The lowest BCUT2D eigenvalue weighted by Gasteiger charge is -2.12. The number of hydrogen-bond acceptors (Lipinski definition) is 4. The van der Waals surface area contributed by atoms with E-state index in [9.17, 15) is 22.8 Å². The number of hydrogen-bond donors (Lipinski definition) is 3. The van der Waals surface area contributed by atoms with E-state index in [1.165, 1.54) is 0 Å². The third kappa shape index (κ3) is 6.53. The number of carbonyl (C=O) groups excluding carboxylic acids is 2. The highest BCUT2D eigenvalue weighted by molar-refractivity contribution is 5.95. The molecule has 2 amide bonds. The van der Waals surface area contributed by atoms with Crippen LogP contribution in [-0.4, -0.2) is 24.7 Å². The lowest BCUT2D eigenvalue weighted by atomic mass is 10.1. The zero-order valence-electron chi connectivity index (χ0n) is 14.6. The quantitative estimate of drug-likeness (QED) is 0.696. The van der Waals surface area contributed by atoms with Gasteiger partial charge in [-0.05, 0) is 49.7 Å². The van der Waals surface area contributed by atoms with Crippen molar-refractivity contribution in [3.63, 3.8) is 0 Å². The number of benzene rings is 2. The van der Waals surface area contributed by atoms with Crippen molar-refractivity contribution in [2.75, 3.05) is 11.9 Å². The number of halogens is 3. The van der Waals surface area contributed by atoms with Gasteiger partial charge < -0.3 is 10.1 Å². The molecule has 6 nitrogen and oxygen atoms in total. The minimum atomic E-state index is -4.81. The van der Waals surface area contributed by atoms with E-state index in [-0.39, 0.29) is 12.1 Å². The van der Waals surface area contributed by atoms with Gasteiger partial charge >= 0.3 is 6.36 Å². The summed E-state index contributed by atoms with van der Waals surface area (Å²) in [4.78, 5) is 23.7. The average molecular weight is 381 g/mol. The molecule has 0 heterocycles. The molecule has 0 aromatic heterocycles. The van der Waals surface area contributed by atoms with Gasteiger partial charge in [-0.25, -0.2) is 0 Å². The smallest absolute Gasteiger partial charge is 0.406 e. The van der Waals surface area contributed by atoms with Crippen molar-refractivity contribution < 1.29 is 27.5 Å². The Morgan fingerprint density at radius 3 is 2.26 bits per heavy atom. The monoisotopic (exact) mass is 381 g/mol. The van der Waals surface area contributed by atoms with Gasteiger partial charge in [0.1, 0.15) is 5.75 Å². The first-order chi connectivity index (χ1) is 12.6. The van der Waals surface area contributed by atoms with Crippen LogP contribution >= 0.6 is 0 Å². The van der Waals surface area contributed by atoms with Crippen LogP contribution in [0.15, 0.2) is 42.5 Å². The maximum atomic E-state index is 12.1. The Kier molecular flexibility index (Phi) is 6.27. The zero-order valence-corrected chi connectivity index (χ0v) is 14.6. The highest BCUT2D eigenvalue weighted by Gasteiger charge is 2.31. The lowest BCUT2D eigenvalue weighted by molar-refractivity contribution is -0.274. The summed E-state index contributed by atoms with van der Waals surface area (Å²) in [6, 6.07) is 10.0. The van der Waals surface area contributed by atoms with Crippen LogP contribution in [0.4, 0.5) is 18.9 Å². The molecule has 0 aliphatic heterocycles. The highest BCUT2D eigenvalue weighted by Crippen LogP contribution is 2.22. The van der Waals surface area contributed by atoms with Gasteiger partial charge in [-0.3, -0.25) is 20.4 Å².